The van der Waals surface area contributed by atoms with Crippen LogP contribution < -0.4 is 10.6 Å². The molecule has 0 spiro atoms. The summed E-state index contributed by atoms with van der Waals surface area (Å²) in [4.78, 5) is 21.2. The van der Waals surface area contributed by atoms with Crippen molar-refractivity contribution in [3.63, 3.8) is 0 Å². The van der Waals surface area contributed by atoms with Gasteiger partial charge in [-0.15, -0.1) is 0 Å². The highest BCUT2D eigenvalue weighted by atomic mass is 16.2. The van der Waals surface area contributed by atoms with Gasteiger partial charge >= 0.3 is 0 Å². The molecule has 0 aliphatic heterocycles. The molecule has 1 unspecified atom stereocenters. The normalized spacial score (nSPS) is 11.8. The van der Waals surface area contributed by atoms with Crippen molar-refractivity contribution in [3.05, 3.63) is 95.1 Å². The van der Waals surface area contributed by atoms with Crippen molar-refractivity contribution >= 4 is 5.91 Å². The summed E-state index contributed by atoms with van der Waals surface area (Å²) in [6.07, 6.45) is 8.78. The van der Waals surface area contributed by atoms with Crippen molar-refractivity contribution in [1.29, 1.82) is 0 Å². The summed E-state index contributed by atoms with van der Waals surface area (Å²) in [5.41, 5.74) is 5.59. The maximum absolute atomic E-state index is 13.0. The van der Waals surface area contributed by atoms with Gasteiger partial charge in [-0.05, 0) is 67.1 Å². The van der Waals surface area contributed by atoms with Crippen molar-refractivity contribution in [2.24, 2.45) is 0 Å². The molecule has 0 fully saturated rings. The van der Waals surface area contributed by atoms with Crippen LogP contribution in [0.1, 0.15) is 33.9 Å². The smallest absolute Gasteiger partial charge is 0.241 e. The van der Waals surface area contributed by atoms with Gasteiger partial charge in [-0.3, -0.25) is 14.8 Å². The van der Waals surface area contributed by atoms with E-state index in [2.05, 4.69) is 58.7 Å². The Morgan fingerprint density at radius 2 is 1.72 bits per heavy atom. The van der Waals surface area contributed by atoms with E-state index in [-0.39, 0.29) is 11.9 Å². The molecule has 1 atom stereocenters. The van der Waals surface area contributed by atoms with Gasteiger partial charge in [0.2, 0.25) is 5.91 Å². The molecule has 2 N–H and O–H groups in total. The minimum Gasteiger partial charge on any atom is -0.354 e. The Balaban J connectivity index is 1.66. The lowest BCUT2D eigenvalue weighted by molar-refractivity contribution is -0.123. The van der Waals surface area contributed by atoms with Crippen LogP contribution in [0.25, 0.3) is 0 Å². The summed E-state index contributed by atoms with van der Waals surface area (Å²) in [6.45, 7) is 5.39. The third-order valence-corrected chi connectivity index (χ3v) is 4.96. The van der Waals surface area contributed by atoms with E-state index >= 15 is 0 Å². The predicted molar refractivity (Wildman–Crippen MR) is 116 cm³/mol. The fourth-order valence-electron chi connectivity index (χ4n) is 3.30. The van der Waals surface area contributed by atoms with Crippen LogP contribution in [0.5, 0.6) is 0 Å². The Kier molecular flexibility index (Phi) is 7.47. The quantitative estimate of drug-likeness (QED) is 0.590. The number of hydrogen-bond acceptors (Lipinski definition) is 4. The van der Waals surface area contributed by atoms with E-state index in [0.29, 0.717) is 13.1 Å². The summed E-state index contributed by atoms with van der Waals surface area (Å²) < 4.78 is 0. The molecule has 29 heavy (non-hydrogen) atoms. The van der Waals surface area contributed by atoms with E-state index in [1.54, 1.807) is 18.6 Å². The third-order valence-electron chi connectivity index (χ3n) is 4.96. The van der Waals surface area contributed by atoms with Gasteiger partial charge in [-0.1, -0.05) is 29.8 Å². The number of pyridine rings is 2. The first-order chi connectivity index (χ1) is 14.1. The molecule has 2 heterocycles. The summed E-state index contributed by atoms with van der Waals surface area (Å²) in [5.74, 6) is -0.000979. The zero-order valence-corrected chi connectivity index (χ0v) is 17.1. The zero-order chi connectivity index (χ0) is 20.5. The van der Waals surface area contributed by atoms with Crippen LogP contribution in [0.2, 0.25) is 0 Å². The van der Waals surface area contributed by atoms with E-state index in [1.165, 1.54) is 0 Å². The van der Waals surface area contributed by atoms with Crippen LogP contribution in [-0.4, -0.2) is 29.0 Å². The molecule has 2 aromatic heterocycles. The summed E-state index contributed by atoms with van der Waals surface area (Å²) in [5, 5.41) is 6.54. The lowest BCUT2D eigenvalue weighted by atomic mass is 9.98. The molecule has 3 aromatic rings. The van der Waals surface area contributed by atoms with Crippen molar-refractivity contribution in [3.8, 4) is 0 Å². The van der Waals surface area contributed by atoms with Crippen molar-refractivity contribution in [2.45, 2.75) is 32.7 Å². The number of carbonyl (C=O) groups excluding carboxylic acids is 1. The van der Waals surface area contributed by atoms with Gasteiger partial charge in [0, 0.05) is 37.9 Å². The van der Waals surface area contributed by atoms with Crippen LogP contribution in [0.4, 0.5) is 0 Å². The van der Waals surface area contributed by atoms with Gasteiger partial charge in [0.05, 0.1) is 0 Å². The molecule has 5 heteroatoms. The monoisotopic (exact) mass is 388 g/mol. The largest absolute Gasteiger partial charge is 0.354 e. The molecule has 5 nitrogen and oxygen atoms in total. The number of aryl methyl sites for hydroxylation is 2. The number of nitrogens with zero attached hydrogens (tertiary/aromatic N) is 2. The number of rotatable bonds is 9. The Hall–Kier alpha value is -3.05. The molecule has 0 aliphatic rings. The molecule has 3 rings (SSSR count). The first-order valence-electron chi connectivity index (χ1n) is 9.99. The maximum atomic E-state index is 13.0. The highest BCUT2D eigenvalue weighted by molar-refractivity contribution is 5.83. The Morgan fingerprint density at radius 1 is 0.931 bits per heavy atom. The molecule has 0 saturated heterocycles. The Labute approximate surface area is 172 Å². The standard InChI is InChI=1S/C24H28N4O/c1-18-5-6-19(2)22(16-18)23(27-14-10-21-4-3-11-26-17-21)24(29)28-15-9-20-7-12-25-13-8-20/h3-8,11-13,16-17,23,27H,9-10,14-15H2,1-2H3,(H,28,29). The van der Waals surface area contributed by atoms with Gasteiger partial charge in [0.1, 0.15) is 6.04 Å². The molecule has 0 bridgehead atoms. The van der Waals surface area contributed by atoms with Crippen LogP contribution >= 0.6 is 0 Å². The van der Waals surface area contributed by atoms with Crippen LogP contribution in [0.15, 0.2) is 67.3 Å². The lowest BCUT2D eigenvalue weighted by Crippen LogP contribution is -2.39. The number of hydrogen-bond donors (Lipinski definition) is 2. The number of aromatic nitrogens is 2. The number of amides is 1. The molecular formula is C24H28N4O. The predicted octanol–water partition coefficient (Wildman–Crippen LogP) is 3.33. The molecule has 0 radical (unpaired) electrons. The topological polar surface area (TPSA) is 66.9 Å². The highest BCUT2D eigenvalue weighted by Crippen LogP contribution is 2.20. The first-order valence-corrected chi connectivity index (χ1v) is 9.99. The molecule has 1 amide bonds. The van der Waals surface area contributed by atoms with Crippen molar-refractivity contribution < 1.29 is 4.79 Å². The first kappa shape index (κ1) is 20.7. The second kappa shape index (κ2) is 10.5. The SMILES string of the molecule is Cc1ccc(C)c(C(NCCc2cccnc2)C(=O)NCCc2ccncc2)c1. The zero-order valence-electron chi connectivity index (χ0n) is 17.1. The Morgan fingerprint density at radius 3 is 2.48 bits per heavy atom. The van der Waals surface area contributed by atoms with E-state index < -0.39 is 0 Å². The van der Waals surface area contributed by atoms with E-state index in [4.69, 9.17) is 0 Å². The van der Waals surface area contributed by atoms with Gasteiger partial charge in [-0.25, -0.2) is 0 Å². The second-order valence-corrected chi connectivity index (χ2v) is 7.25. The lowest BCUT2D eigenvalue weighted by Gasteiger charge is -2.21. The minimum absolute atomic E-state index is 0.000979. The average molecular weight is 389 g/mol. The fourth-order valence-corrected chi connectivity index (χ4v) is 3.30. The number of carbonyl (C=O) groups is 1. The van der Waals surface area contributed by atoms with Gasteiger partial charge in [0.25, 0.3) is 0 Å². The summed E-state index contributed by atoms with van der Waals surface area (Å²) in [7, 11) is 0. The van der Waals surface area contributed by atoms with Crippen LogP contribution in [0, 0.1) is 13.8 Å². The maximum Gasteiger partial charge on any atom is 0.241 e. The van der Waals surface area contributed by atoms with Gasteiger partial charge < -0.3 is 10.6 Å². The minimum atomic E-state index is -0.385. The summed E-state index contributed by atoms with van der Waals surface area (Å²) >= 11 is 0. The van der Waals surface area contributed by atoms with E-state index in [9.17, 15) is 4.79 Å². The van der Waals surface area contributed by atoms with E-state index in [1.807, 2.05) is 24.4 Å². The van der Waals surface area contributed by atoms with Crippen molar-refractivity contribution in [2.75, 3.05) is 13.1 Å². The van der Waals surface area contributed by atoms with E-state index in [0.717, 1.165) is 40.7 Å². The average Bonchev–Trinajstić information content (AvgIpc) is 2.75. The van der Waals surface area contributed by atoms with Crippen LogP contribution in [-0.2, 0) is 17.6 Å². The van der Waals surface area contributed by atoms with Gasteiger partial charge in [0.15, 0.2) is 0 Å². The van der Waals surface area contributed by atoms with Gasteiger partial charge in [-0.2, -0.15) is 0 Å². The number of benzene rings is 1. The number of nitrogens with one attached hydrogen (secondary N) is 2. The molecule has 1 aromatic carbocycles. The Bertz CT molecular complexity index is 913. The molecular weight excluding hydrogens is 360 g/mol. The van der Waals surface area contributed by atoms with Crippen molar-refractivity contribution in [1.82, 2.24) is 20.6 Å². The highest BCUT2D eigenvalue weighted by Gasteiger charge is 2.21. The molecule has 0 aliphatic carbocycles. The van der Waals surface area contributed by atoms with Crippen LogP contribution in [0.3, 0.4) is 0 Å². The third kappa shape index (κ3) is 6.22. The second-order valence-electron chi connectivity index (χ2n) is 7.25. The molecule has 150 valence electrons. The summed E-state index contributed by atoms with van der Waals surface area (Å²) in [6, 6.07) is 13.8. The fraction of sp³-hybridized carbons (Fsp3) is 0.292. The molecule has 0 saturated carbocycles.